The zero-order valence-corrected chi connectivity index (χ0v) is 13.4. The summed E-state index contributed by atoms with van der Waals surface area (Å²) in [5, 5.41) is 11.9. The second-order valence-electron chi connectivity index (χ2n) is 5.75. The topological polar surface area (TPSA) is 72.9 Å². The number of piperidine rings is 1. The van der Waals surface area contributed by atoms with Gasteiger partial charge in [-0.05, 0) is 37.8 Å². The van der Waals surface area contributed by atoms with Gasteiger partial charge >= 0.3 is 12.0 Å². The minimum absolute atomic E-state index is 0.228. The smallest absolute Gasteiger partial charge is 0.326 e. The van der Waals surface area contributed by atoms with Crippen LogP contribution in [0.3, 0.4) is 0 Å². The van der Waals surface area contributed by atoms with Crippen LogP contribution in [0.25, 0.3) is 0 Å². The molecule has 2 heterocycles. The lowest BCUT2D eigenvalue weighted by Gasteiger charge is -2.44. The Bertz CT molecular complexity index is 380. The number of piperazine rings is 1. The number of carbonyl (C=O) groups excluding carboxylic acids is 1. The Morgan fingerprint density at radius 3 is 2.86 bits per heavy atom. The molecule has 0 aromatic rings. The molecule has 2 rings (SSSR count). The molecule has 0 aliphatic carbocycles. The van der Waals surface area contributed by atoms with Gasteiger partial charge < -0.3 is 15.3 Å². The standard InChI is InChI=1S/C14H25N3O3S/c1-21-9-5-12(13(18)19)15-14(20)17-8-7-16-6-3-2-4-11(16)10-17/h11-12H,2-10H2,1H3,(H,15,20)(H,18,19). The predicted molar refractivity (Wildman–Crippen MR) is 83.7 cm³/mol. The van der Waals surface area contributed by atoms with E-state index in [1.165, 1.54) is 12.8 Å². The normalized spacial score (nSPS) is 24.2. The van der Waals surface area contributed by atoms with Gasteiger partial charge in [0.25, 0.3) is 0 Å². The van der Waals surface area contributed by atoms with Gasteiger partial charge in [0.2, 0.25) is 0 Å². The van der Waals surface area contributed by atoms with Gasteiger partial charge in [-0.25, -0.2) is 9.59 Å². The molecule has 2 aliphatic heterocycles. The van der Waals surface area contributed by atoms with Gasteiger partial charge in [0.1, 0.15) is 6.04 Å². The number of thioether (sulfide) groups is 1. The van der Waals surface area contributed by atoms with Crippen LogP contribution in [-0.4, -0.2) is 77.2 Å². The van der Waals surface area contributed by atoms with Crippen molar-refractivity contribution in [3.05, 3.63) is 0 Å². The lowest BCUT2D eigenvalue weighted by molar-refractivity contribution is -0.139. The largest absolute Gasteiger partial charge is 0.480 e. The average Bonchev–Trinajstić information content (AvgIpc) is 2.50. The van der Waals surface area contributed by atoms with Gasteiger partial charge in [-0.2, -0.15) is 11.8 Å². The fourth-order valence-corrected chi connectivity index (χ4v) is 3.55. The number of fused-ring (bicyclic) bond motifs is 1. The molecule has 120 valence electrons. The third-order valence-corrected chi connectivity index (χ3v) is 4.97. The highest BCUT2D eigenvalue weighted by Crippen LogP contribution is 2.21. The van der Waals surface area contributed by atoms with Crippen molar-refractivity contribution in [3.63, 3.8) is 0 Å². The van der Waals surface area contributed by atoms with Crippen LogP contribution >= 0.6 is 11.8 Å². The summed E-state index contributed by atoms with van der Waals surface area (Å²) < 4.78 is 0. The molecule has 0 aromatic heterocycles. The molecule has 0 radical (unpaired) electrons. The van der Waals surface area contributed by atoms with Crippen LogP contribution in [0.2, 0.25) is 0 Å². The van der Waals surface area contributed by atoms with E-state index < -0.39 is 12.0 Å². The van der Waals surface area contributed by atoms with Gasteiger partial charge in [0, 0.05) is 25.7 Å². The number of urea groups is 1. The molecule has 21 heavy (non-hydrogen) atoms. The molecule has 0 saturated carbocycles. The summed E-state index contributed by atoms with van der Waals surface area (Å²) in [6.45, 7) is 3.45. The van der Waals surface area contributed by atoms with Crippen LogP contribution in [0, 0.1) is 0 Å². The summed E-state index contributed by atoms with van der Waals surface area (Å²) in [7, 11) is 0. The van der Waals surface area contributed by atoms with Crippen molar-refractivity contribution in [2.24, 2.45) is 0 Å². The SMILES string of the molecule is CSCCC(NC(=O)N1CCN2CCCCC2C1)C(=O)O. The minimum Gasteiger partial charge on any atom is -0.480 e. The highest BCUT2D eigenvalue weighted by Gasteiger charge is 2.32. The lowest BCUT2D eigenvalue weighted by Crippen LogP contribution is -2.59. The maximum atomic E-state index is 12.3. The molecule has 2 fully saturated rings. The first kappa shape index (κ1) is 16.4. The Balaban J connectivity index is 1.85. The molecule has 2 atom stereocenters. The number of rotatable bonds is 5. The van der Waals surface area contributed by atoms with E-state index in [1.807, 2.05) is 6.26 Å². The van der Waals surface area contributed by atoms with Crippen molar-refractivity contribution >= 4 is 23.8 Å². The predicted octanol–water partition coefficient (Wildman–Crippen LogP) is 1.07. The van der Waals surface area contributed by atoms with E-state index in [2.05, 4.69) is 10.2 Å². The number of amides is 2. The van der Waals surface area contributed by atoms with E-state index in [4.69, 9.17) is 0 Å². The highest BCUT2D eigenvalue weighted by molar-refractivity contribution is 7.98. The molecule has 2 saturated heterocycles. The average molecular weight is 315 g/mol. The molecular formula is C14H25N3O3S. The third kappa shape index (κ3) is 4.51. The number of carboxylic acid groups (broad SMARTS) is 1. The maximum Gasteiger partial charge on any atom is 0.326 e. The molecule has 2 unspecified atom stereocenters. The van der Waals surface area contributed by atoms with Gasteiger partial charge in [-0.1, -0.05) is 6.42 Å². The van der Waals surface area contributed by atoms with Crippen LogP contribution in [0.15, 0.2) is 0 Å². The summed E-state index contributed by atoms with van der Waals surface area (Å²) in [6, 6.07) is -0.559. The molecule has 0 spiro atoms. The van der Waals surface area contributed by atoms with Gasteiger partial charge in [-0.15, -0.1) is 0 Å². The van der Waals surface area contributed by atoms with Crippen LogP contribution in [-0.2, 0) is 4.79 Å². The number of hydrogen-bond donors (Lipinski definition) is 2. The maximum absolute atomic E-state index is 12.3. The lowest BCUT2D eigenvalue weighted by atomic mass is 10.00. The van der Waals surface area contributed by atoms with Crippen molar-refractivity contribution in [3.8, 4) is 0 Å². The van der Waals surface area contributed by atoms with Gasteiger partial charge in [0.15, 0.2) is 0 Å². The Morgan fingerprint density at radius 2 is 2.14 bits per heavy atom. The number of hydrogen-bond acceptors (Lipinski definition) is 4. The van der Waals surface area contributed by atoms with Crippen LogP contribution in [0.5, 0.6) is 0 Å². The van der Waals surface area contributed by atoms with Crippen LogP contribution in [0.4, 0.5) is 4.79 Å². The van der Waals surface area contributed by atoms with E-state index in [0.717, 1.165) is 31.8 Å². The Kier molecular flexibility index (Phi) is 6.17. The summed E-state index contributed by atoms with van der Waals surface area (Å²) in [5.74, 6) is -0.220. The number of carboxylic acids is 1. The Labute approximate surface area is 130 Å². The first-order valence-electron chi connectivity index (χ1n) is 7.63. The number of aliphatic carboxylic acids is 1. The van der Waals surface area contributed by atoms with Crippen molar-refractivity contribution in [1.82, 2.24) is 15.1 Å². The molecule has 0 aromatic carbocycles. The quantitative estimate of drug-likeness (QED) is 0.794. The number of nitrogens with zero attached hydrogens (tertiary/aromatic N) is 2. The molecule has 0 bridgehead atoms. The van der Waals surface area contributed by atoms with E-state index in [0.29, 0.717) is 19.0 Å². The second kappa shape index (κ2) is 7.89. The van der Waals surface area contributed by atoms with Gasteiger partial charge in [-0.3, -0.25) is 4.90 Å². The van der Waals surface area contributed by atoms with E-state index in [1.54, 1.807) is 16.7 Å². The van der Waals surface area contributed by atoms with Crippen LogP contribution in [0.1, 0.15) is 25.7 Å². The Morgan fingerprint density at radius 1 is 1.33 bits per heavy atom. The molecule has 2 N–H and O–H groups in total. The van der Waals surface area contributed by atoms with Crippen molar-refractivity contribution < 1.29 is 14.7 Å². The third-order valence-electron chi connectivity index (χ3n) is 4.33. The molecule has 7 heteroatoms. The fraction of sp³-hybridized carbons (Fsp3) is 0.857. The van der Waals surface area contributed by atoms with E-state index >= 15 is 0 Å². The Hall–Kier alpha value is -0.950. The molecule has 6 nitrogen and oxygen atoms in total. The zero-order valence-electron chi connectivity index (χ0n) is 12.6. The summed E-state index contributed by atoms with van der Waals surface area (Å²) in [4.78, 5) is 27.7. The molecular weight excluding hydrogens is 290 g/mol. The van der Waals surface area contributed by atoms with Crippen molar-refractivity contribution in [2.45, 2.75) is 37.8 Å². The van der Waals surface area contributed by atoms with Gasteiger partial charge in [0.05, 0.1) is 0 Å². The van der Waals surface area contributed by atoms with E-state index in [-0.39, 0.29) is 6.03 Å². The summed E-state index contributed by atoms with van der Waals surface area (Å²) >= 11 is 1.59. The second-order valence-corrected chi connectivity index (χ2v) is 6.74. The molecule has 2 aliphatic rings. The number of carbonyl (C=O) groups is 2. The monoisotopic (exact) mass is 315 g/mol. The zero-order chi connectivity index (χ0) is 15.2. The first-order valence-corrected chi connectivity index (χ1v) is 9.02. The first-order chi connectivity index (χ1) is 10.1. The molecule has 2 amide bonds. The highest BCUT2D eigenvalue weighted by atomic mass is 32.2. The van der Waals surface area contributed by atoms with Crippen molar-refractivity contribution in [2.75, 3.05) is 38.2 Å². The fourth-order valence-electron chi connectivity index (χ4n) is 3.07. The van der Waals surface area contributed by atoms with Crippen LogP contribution < -0.4 is 5.32 Å². The summed E-state index contributed by atoms with van der Waals surface area (Å²) in [5.41, 5.74) is 0. The van der Waals surface area contributed by atoms with Crippen molar-refractivity contribution in [1.29, 1.82) is 0 Å². The summed E-state index contributed by atoms with van der Waals surface area (Å²) in [6.07, 6.45) is 6.01. The van der Waals surface area contributed by atoms with E-state index in [9.17, 15) is 14.7 Å². The number of nitrogens with one attached hydrogen (secondary N) is 1. The minimum atomic E-state index is -0.950.